The summed E-state index contributed by atoms with van der Waals surface area (Å²) in [6.07, 6.45) is 0. The average Bonchev–Trinajstić information content (AvgIpc) is 2.98. The van der Waals surface area contributed by atoms with Gasteiger partial charge in [-0.3, -0.25) is 19.2 Å². The fourth-order valence-electron chi connectivity index (χ4n) is 3.17. The minimum absolute atomic E-state index is 0.229. The summed E-state index contributed by atoms with van der Waals surface area (Å²) in [5.41, 5.74) is 1.74. The Hall–Kier alpha value is -4.26. The molecule has 0 saturated heterocycles. The second kappa shape index (κ2) is 7.63. The quantitative estimate of drug-likeness (QED) is 0.410. The van der Waals surface area contributed by atoms with Gasteiger partial charge in [0.15, 0.2) is 0 Å². The molecule has 3 aromatic rings. The number of esters is 1. The molecule has 30 heavy (non-hydrogen) atoms. The number of hydrogen-bond acceptors (Lipinski definition) is 5. The Bertz CT molecular complexity index is 1170. The summed E-state index contributed by atoms with van der Waals surface area (Å²) in [7, 11) is 0. The third kappa shape index (κ3) is 3.56. The fraction of sp³-hybridized carbons (Fsp3) is 0.0435. The van der Waals surface area contributed by atoms with Gasteiger partial charge >= 0.3 is 5.97 Å². The number of carbonyl (C=O) groups excluding carboxylic acids is 4. The molecule has 0 radical (unpaired) electrons. The minimum Gasteiger partial charge on any atom is -0.427 e. The first-order chi connectivity index (χ1) is 14.4. The molecule has 1 N–H and O–H groups in total. The molecule has 1 heterocycles. The van der Waals surface area contributed by atoms with E-state index in [2.05, 4.69) is 5.32 Å². The van der Waals surface area contributed by atoms with Crippen LogP contribution in [0.1, 0.15) is 38.0 Å². The van der Waals surface area contributed by atoms with Crippen LogP contribution in [0.4, 0.5) is 11.4 Å². The van der Waals surface area contributed by atoms with Gasteiger partial charge in [0.1, 0.15) is 5.75 Å². The predicted molar refractivity (Wildman–Crippen MR) is 110 cm³/mol. The van der Waals surface area contributed by atoms with E-state index in [0.29, 0.717) is 22.7 Å². The molecule has 0 unspecified atom stereocenters. The maximum Gasteiger partial charge on any atom is 0.308 e. The molecular formula is C23H16N2O5. The van der Waals surface area contributed by atoms with Crippen LogP contribution in [0.5, 0.6) is 5.75 Å². The first-order valence-electron chi connectivity index (χ1n) is 9.12. The highest BCUT2D eigenvalue weighted by Gasteiger charge is 2.36. The molecule has 0 aromatic heterocycles. The van der Waals surface area contributed by atoms with Gasteiger partial charge in [0.25, 0.3) is 17.7 Å². The first kappa shape index (κ1) is 19.1. The molecule has 4 rings (SSSR count). The van der Waals surface area contributed by atoms with Crippen molar-refractivity contribution in [2.75, 3.05) is 10.2 Å². The summed E-state index contributed by atoms with van der Waals surface area (Å²) in [4.78, 5) is 50.0. The number of rotatable bonds is 4. The summed E-state index contributed by atoms with van der Waals surface area (Å²) in [6.45, 7) is 1.29. The van der Waals surface area contributed by atoms with Gasteiger partial charge in [0.05, 0.1) is 16.8 Å². The third-order valence-electron chi connectivity index (χ3n) is 4.54. The van der Waals surface area contributed by atoms with Gasteiger partial charge in [0, 0.05) is 18.2 Å². The lowest BCUT2D eigenvalue weighted by Gasteiger charge is -2.13. The summed E-state index contributed by atoms with van der Waals surface area (Å²) < 4.78 is 4.94. The topological polar surface area (TPSA) is 92.8 Å². The van der Waals surface area contributed by atoms with Gasteiger partial charge < -0.3 is 10.1 Å². The Kier molecular flexibility index (Phi) is 4.85. The van der Waals surface area contributed by atoms with E-state index in [-0.39, 0.29) is 11.1 Å². The fourth-order valence-corrected chi connectivity index (χ4v) is 3.17. The van der Waals surface area contributed by atoms with Crippen molar-refractivity contribution in [3.05, 3.63) is 89.5 Å². The summed E-state index contributed by atoms with van der Waals surface area (Å²) >= 11 is 0. The monoisotopic (exact) mass is 400 g/mol. The maximum absolute atomic E-state index is 12.8. The zero-order valence-electron chi connectivity index (χ0n) is 15.9. The Labute approximate surface area is 171 Å². The van der Waals surface area contributed by atoms with Crippen molar-refractivity contribution in [1.82, 2.24) is 0 Å². The normalized spacial score (nSPS) is 12.5. The molecule has 0 spiro atoms. The van der Waals surface area contributed by atoms with Crippen LogP contribution in [0.3, 0.4) is 0 Å². The smallest absolute Gasteiger partial charge is 0.308 e. The van der Waals surface area contributed by atoms with Crippen molar-refractivity contribution in [2.45, 2.75) is 6.92 Å². The highest BCUT2D eigenvalue weighted by molar-refractivity contribution is 6.34. The molecule has 0 bridgehead atoms. The van der Waals surface area contributed by atoms with Crippen molar-refractivity contribution in [2.24, 2.45) is 0 Å². The Morgan fingerprint density at radius 3 is 2.17 bits per heavy atom. The highest BCUT2D eigenvalue weighted by Crippen LogP contribution is 2.30. The number of carbonyl (C=O) groups is 4. The van der Waals surface area contributed by atoms with Crippen LogP contribution in [-0.2, 0) is 4.79 Å². The molecule has 1 aliphatic heterocycles. The number of fused-ring (bicyclic) bond motifs is 1. The van der Waals surface area contributed by atoms with Gasteiger partial charge in [-0.05, 0) is 54.6 Å². The minimum atomic E-state index is -0.450. The first-order valence-corrected chi connectivity index (χ1v) is 9.12. The van der Waals surface area contributed by atoms with Crippen LogP contribution < -0.4 is 15.0 Å². The van der Waals surface area contributed by atoms with Crippen LogP contribution >= 0.6 is 0 Å². The van der Waals surface area contributed by atoms with Gasteiger partial charge in [-0.2, -0.15) is 0 Å². The largest absolute Gasteiger partial charge is 0.427 e. The number of amides is 3. The van der Waals surface area contributed by atoms with E-state index in [4.69, 9.17) is 4.74 Å². The Balaban J connectivity index is 1.54. The van der Waals surface area contributed by atoms with E-state index in [1.165, 1.54) is 43.3 Å². The molecule has 3 aromatic carbocycles. The standard InChI is InChI=1S/C23H16N2O5/c1-14(26)30-18-10-7-15(8-11-18)21(27)24-16-9-12-19-20(13-16)23(29)25(22(19)28)17-5-3-2-4-6-17/h2-13H,1H3,(H,24,27). The van der Waals surface area contributed by atoms with E-state index in [0.717, 1.165) is 4.90 Å². The highest BCUT2D eigenvalue weighted by atomic mass is 16.5. The van der Waals surface area contributed by atoms with E-state index in [9.17, 15) is 19.2 Å². The zero-order valence-corrected chi connectivity index (χ0v) is 15.9. The second-order valence-electron chi connectivity index (χ2n) is 6.61. The van der Waals surface area contributed by atoms with E-state index < -0.39 is 23.7 Å². The van der Waals surface area contributed by atoms with E-state index in [1.54, 1.807) is 36.4 Å². The van der Waals surface area contributed by atoms with Crippen LogP contribution in [0, 0.1) is 0 Å². The van der Waals surface area contributed by atoms with Gasteiger partial charge in [0.2, 0.25) is 0 Å². The SMILES string of the molecule is CC(=O)Oc1ccc(C(=O)Nc2ccc3c(c2)C(=O)N(c2ccccc2)C3=O)cc1. The lowest BCUT2D eigenvalue weighted by atomic mass is 10.1. The number of nitrogens with one attached hydrogen (secondary N) is 1. The van der Waals surface area contributed by atoms with Crippen LogP contribution in [0.25, 0.3) is 0 Å². The number of nitrogens with zero attached hydrogens (tertiary/aromatic N) is 1. The predicted octanol–water partition coefficient (Wildman–Crippen LogP) is 3.66. The van der Waals surface area contributed by atoms with Gasteiger partial charge in [-0.25, -0.2) is 4.90 Å². The lowest BCUT2D eigenvalue weighted by molar-refractivity contribution is -0.131. The summed E-state index contributed by atoms with van der Waals surface area (Å²) in [5, 5.41) is 2.71. The van der Waals surface area contributed by atoms with Gasteiger partial charge in [-0.15, -0.1) is 0 Å². The summed E-state index contributed by atoms with van der Waals surface area (Å²) in [5.74, 6) is -1.36. The molecule has 148 valence electrons. The van der Waals surface area contributed by atoms with Crippen molar-refractivity contribution in [3.63, 3.8) is 0 Å². The average molecular weight is 400 g/mol. The molecule has 7 heteroatoms. The number of imide groups is 1. The number of hydrogen-bond donors (Lipinski definition) is 1. The molecule has 0 aliphatic carbocycles. The number of ether oxygens (including phenoxy) is 1. The van der Waals surface area contributed by atoms with E-state index >= 15 is 0 Å². The van der Waals surface area contributed by atoms with Crippen LogP contribution in [-0.4, -0.2) is 23.7 Å². The second-order valence-corrected chi connectivity index (χ2v) is 6.61. The van der Waals surface area contributed by atoms with Crippen molar-refractivity contribution < 1.29 is 23.9 Å². The maximum atomic E-state index is 12.8. The Morgan fingerprint density at radius 1 is 0.833 bits per heavy atom. The molecule has 3 amide bonds. The van der Waals surface area contributed by atoms with E-state index in [1.807, 2.05) is 0 Å². The Morgan fingerprint density at radius 2 is 1.50 bits per heavy atom. The molecule has 0 fully saturated rings. The number of anilines is 2. The molecule has 7 nitrogen and oxygen atoms in total. The lowest BCUT2D eigenvalue weighted by Crippen LogP contribution is -2.29. The van der Waals surface area contributed by atoms with Gasteiger partial charge in [-0.1, -0.05) is 18.2 Å². The number of para-hydroxylation sites is 1. The van der Waals surface area contributed by atoms with Crippen LogP contribution in [0.2, 0.25) is 0 Å². The molecule has 1 aliphatic rings. The number of benzene rings is 3. The molecule has 0 saturated carbocycles. The van der Waals surface area contributed by atoms with Crippen molar-refractivity contribution in [3.8, 4) is 5.75 Å². The third-order valence-corrected chi connectivity index (χ3v) is 4.54. The van der Waals surface area contributed by atoms with Crippen molar-refractivity contribution >= 4 is 35.1 Å². The summed E-state index contributed by atoms with van der Waals surface area (Å²) in [6, 6.07) is 19.3. The van der Waals surface area contributed by atoms with Crippen LogP contribution in [0.15, 0.2) is 72.8 Å². The molecule has 0 atom stereocenters. The zero-order chi connectivity index (χ0) is 21.3. The molecular weight excluding hydrogens is 384 g/mol. The van der Waals surface area contributed by atoms with Crippen molar-refractivity contribution in [1.29, 1.82) is 0 Å².